The molecule has 3 aliphatic rings. The number of carbonyl (C=O) groups is 2. The number of benzene rings is 2. The molecule has 2 N–H and O–H groups in total. The highest BCUT2D eigenvalue weighted by Crippen LogP contribution is 2.36. The normalized spacial score (nSPS) is 21.8. The Morgan fingerprint density at radius 1 is 1.00 bits per heavy atom. The van der Waals surface area contributed by atoms with Crippen LogP contribution in [0.2, 0.25) is 0 Å². The van der Waals surface area contributed by atoms with Gasteiger partial charge >= 0.3 is 0 Å². The van der Waals surface area contributed by atoms with Crippen molar-refractivity contribution in [1.82, 2.24) is 15.1 Å². The van der Waals surface area contributed by atoms with E-state index in [1.165, 1.54) is 11.1 Å². The van der Waals surface area contributed by atoms with Gasteiger partial charge in [-0.2, -0.15) is 0 Å². The highest BCUT2D eigenvalue weighted by atomic mass is 35.5. The maximum atomic E-state index is 13.7. The second-order valence-electron chi connectivity index (χ2n) is 11.6. The standard InChI is InChI=1S/C33H41N3O4.ClH/c1-3-4-20-36-31(38)29(30(37)26-8-6-5-7-9-26)34-32(39)33(36)18-21-35(22-19-33)23-25-12-16-28(17-13-25)40-27-14-10-24(2)11-15-27;/h10-17,26,29-30,37H,5-9,18-23H2,1-2H3,(H,34,39);1H/t29-,30-;/m1./s1. The number of likely N-dealkylation sites (tertiary alicyclic amines) is 1. The van der Waals surface area contributed by atoms with Gasteiger partial charge in [-0.1, -0.05) is 55.0 Å². The number of halogens is 1. The molecule has 220 valence electrons. The van der Waals surface area contributed by atoms with E-state index >= 15 is 0 Å². The van der Waals surface area contributed by atoms with Crippen molar-refractivity contribution >= 4 is 24.2 Å². The third-order valence-electron chi connectivity index (χ3n) is 8.92. The van der Waals surface area contributed by atoms with E-state index in [2.05, 4.69) is 41.1 Å². The lowest BCUT2D eigenvalue weighted by Gasteiger charge is -2.52. The number of hydrogen-bond acceptors (Lipinski definition) is 5. The Balaban J connectivity index is 0.00000387. The largest absolute Gasteiger partial charge is 0.457 e. The lowest BCUT2D eigenvalue weighted by Crippen LogP contribution is -2.75. The predicted octanol–water partition coefficient (Wildman–Crippen LogP) is 4.84. The average Bonchev–Trinajstić information content (AvgIpc) is 2.98. The van der Waals surface area contributed by atoms with Crippen LogP contribution in [0.15, 0.2) is 48.5 Å². The number of nitrogens with one attached hydrogen (secondary N) is 1. The van der Waals surface area contributed by atoms with Gasteiger partial charge in [0.15, 0.2) is 0 Å². The van der Waals surface area contributed by atoms with Crippen LogP contribution >= 0.6 is 12.4 Å². The first-order chi connectivity index (χ1) is 19.4. The first-order valence-electron chi connectivity index (χ1n) is 14.7. The molecule has 1 aliphatic carbocycles. The molecule has 0 aromatic heterocycles. The molecule has 7 nitrogen and oxygen atoms in total. The maximum Gasteiger partial charge on any atom is 0.249 e. The molecule has 5 rings (SSSR count). The molecular formula is C33H42ClN3O4. The molecule has 0 bridgehead atoms. The Morgan fingerprint density at radius 2 is 1.61 bits per heavy atom. The fourth-order valence-electron chi connectivity index (χ4n) is 6.45. The minimum atomic E-state index is -0.925. The van der Waals surface area contributed by atoms with Crippen molar-refractivity contribution in [1.29, 1.82) is 0 Å². The van der Waals surface area contributed by atoms with Gasteiger partial charge in [-0.05, 0) is 75.3 Å². The molecule has 2 aromatic carbocycles. The Bertz CT molecular complexity index is 1240. The number of nitrogens with zero attached hydrogens (tertiary/aromatic N) is 2. The van der Waals surface area contributed by atoms with Crippen molar-refractivity contribution < 1.29 is 19.4 Å². The number of hydrogen-bond donors (Lipinski definition) is 2. The number of amides is 2. The Hall–Kier alpha value is -3.05. The predicted molar refractivity (Wildman–Crippen MR) is 162 cm³/mol. The third kappa shape index (κ3) is 6.89. The molecule has 2 amide bonds. The van der Waals surface area contributed by atoms with E-state index in [1.54, 1.807) is 11.8 Å². The SMILES string of the molecule is CC#CCN1C(=O)[C@@H]([C@H](O)C2CCCCC2)NC(=O)C12CCN(Cc1ccc(Oc3ccc(C)cc3)cc1)CC2.Cl. The molecule has 2 saturated heterocycles. The molecule has 8 heteroatoms. The Labute approximate surface area is 250 Å². The van der Waals surface area contributed by atoms with E-state index in [4.69, 9.17) is 4.74 Å². The summed E-state index contributed by atoms with van der Waals surface area (Å²) in [6.45, 7) is 6.14. The van der Waals surface area contributed by atoms with E-state index in [-0.39, 0.29) is 36.7 Å². The fraction of sp³-hybridized carbons (Fsp3) is 0.515. The topological polar surface area (TPSA) is 82.1 Å². The highest BCUT2D eigenvalue weighted by molar-refractivity contribution is 6.00. The molecule has 2 aromatic rings. The summed E-state index contributed by atoms with van der Waals surface area (Å²) in [6, 6.07) is 15.2. The smallest absolute Gasteiger partial charge is 0.249 e. The second kappa shape index (κ2) is 13.7. The number of rotatable bonds is 7. The third-order valence-corrected chi connectivity index (χ3v) is 8.92. The van der Waals surface area contributed by atoms with Crippen LogP contribution in [0, 0.1) is 24.7 Å². The van der Waals surface area contributed by atoms with Crippen LogP contribution in [0.5, 0.6) is 11.5 Å². The number of aliphatic hydroxyl groups is 1. The zero-order valence-electron chi connectivity index (χ0n) is 24.1. The van der Waals surface area contributed by atoms with Crippen molar-refractivity contribution in [2.45, 2.75) is 83.0 Å². The van der Waals surface area contributed by atoms with Gasteiger partial charge in [-0.25, -0.2) is 0 Å². The monoisotopic (exact) mass is 579 g/mol. The van der Waals surface area contributed by atoms with Crippen LogP contribution in [0.4, 0.5) is 0 Å². The van der Waals surface area contributed by atoms with Crippen LogP contribution in [0.3, 0.4) is 0 Å². The van der Waals surface area contributed by atoms with Crippen LogP contribution < -0.4 is 10.1 Å². The second-order valence-corrected chi connectivity index (χ2v) is 11.6. The van der Waals surface area contributed by atoms with Crippen molar-refractivity contribution in [2.24, 2.45) is 5.92 Å². The van der Waals surface area contributed by atoms with E-state index in [0.717, 1.165) is 50.1 Å². The number of piperidine rings is 1. The minimum Gasteiger partial charge on any atom is -0.457 e. The summed E-state index contributed by atoms with van der Waals surface area (Å²) >= 11 is 0. The molecule has 2 atom stereocenters. The Kier molecular flexibility index (Phi) is 10.4. The minimum absolute atomic E-state index is 0. The average molecular weight is 580 g/mol. The summed E-state index contributed by atoms with van der Waals surface area (Å²) in [5, 5.41) is 14.1. The maximum absolute atomic E-state index is 13.7. The van der Waals surface area contributed by atoms with E-state index < -0.39 is 17.7 Å². The van der Waals surface area contributed by atoms with Gasteiger partial charge in [0.2, 0.25) is 11.8 Å². The van der Waals surface area contributed by atoms with Gasteiger partial charge in [0.1, 0.15) is 23.1 Å². The molecule has 1 saturated carbocycles. The van der Waals surface area contributed by atoms with Gasteiger partial charge in [-0.15, -0.1) is 18.3 Å². The molecule has 1 spiro atoms. The Morgan fingerprint density at radius 3 is 2.22 bits per heavy atom. The summed E-state index contributed by atoms with van der Waals surface area (Å²) in [6.07, 6.45) is 5.30. The molecular weight excluding hydrogens is 538 g/mol. The van der Waals surface area contributed by atoms with Gasteiger partial charge in [0, 0.05) is 19.6 Å². The fourth-order valence-corrected chi connectivity index (χ4v) is 6.45. The lowest BCUT2D eigenvalue weighted by atomic mass is 9.78. The van der Waals surface area contributed by atoms with Gasteiger partial charge in [-0.3, -0.25) is 14.5 Å². The summed E-state index contributed by atoms with van der Waals surface area (Å²) in [5.41, 5.74) is 1.44. The van der Waals surface area contributed by atoms with Crippen LogP contribution in [0.25, 0.3) is 0 Å². The van der Waals surface area contributed by atoms with E-state index in [9.17, 15) is 14.7 Å². The first kappa shape index (κ1) is 30.9. The molecule has 2 heterocycles. The zero-order chi connectivity index (χ0) is 28.1. The molecule has 2 aliphatic heterocycles. The first-order valence-corrected chi connectivity index (χ1v) is 14.7. The number of aryl methyl sites for hydroxylation is 1. The van der Waals surface area contributed by atoms with E-state index in [1.807, 2.05) is 36.4 Å². The summed E-state index contributed by atoms with van der Waals surface area (Å²) in [4.78, 5) is 31.4. The summed E-state index contributed by atoms with van der Waals surface area (Å²) < 4.78 is 5.96. The lowest BCUT2D eigenvalue weighted by molar-refractivity contribution is -0.164. The zero-order valence-corrected chi connectivity index (χ0v) is 24.9. The number of piperazine rings is 1. The van der Waals surface area contributed by atoms with Gasteiger partial charge < -0.3 is 20.1 Å². The molecule has 41 heavy (non-hydrogen) atoms. The summed E-state index contributed by atoms with van der Waals surface area (Å²) in [5.74, 6) is 7.21. The van der Waals surface area contributed by atoms with Crippen LogP contribution in [-0.2, 0) is 16.1 Å². The molecule has 0 radical (unpaired) electrons. The highest BCUT2D eigenvalue weighted by Gasteiger charge is 2.55. The molecule has 3 fully saturated rings. The van der Waals surface area contributed by atoms with E-state index in [0.29, 0.717) is 25.9 Å². The van der Waals surface area contributed by atoms with Crippen LogP contribution in [0.1, 0.15) is 63.0 Å². The van der Waals surface area contributed by atoms with Gasteiger partial charge in [0.25, 0.3) is 0 Å². The quantitative estimate of drug-likeness (QED) is 0.459. The van der Waals surface area contributed by atoms with Crippen molar-refractivity contribution in [2.75, 3.05) is 19.6 Å². The van der Waals surface area contributed by atoms with Crippen molar-refractivity contribution in [3.8, 4) is 23.3 Å². The van der Waals surface area contributed by atoms with Crippen molar-refractivity contribution in [3.63, 3.8) is 0 Å². The molecule has 0 unspecified atom stereocenters. The number of aliphatic hydroxyl groups excluding tert-OH is 1. The summed E-state index contributed by atoms with van der Waals surface area (Å²) in [7, 11) is 0. The number of ether oxygens (including phenoxy) is 1. The number of carbonyl (C=O) groups excluding carboxylic acids is 2. The van der Waals surface area contributed by atoms with Gasteiger partial charge in [0.05, 0.1) is 12.6 Å². The van der Waals surface area contributed by atoms with Crippen molar-refractivity contribution in [3.05, 3.63) is 59.7 Å². The van der Waals surface area contributed by atoms with Crippen LogP contribution in [-0.4, -0.2) is 64.0 Å².